The maximum absolute atomic E-state index is 13.1. The molecule has 0 spiro atoms. The Hall–Kier alpha value is -3.06. The van der Waals surface area contributed by atoms with Gasteiger partial charge in [-0.05, 0) is 68.0 Å². The Balaban J connectivity index is 0.00000306. The van der Waals surface area contributed by atoms with Crippen LogP contribution in [0, 0.1) is 12.3 Å². The molecule has 2 fully saturated rings. The number of nitrogens with two attached hydrogens (primary N) is 1. The van der Waals surface area contributed by atoms with Crippen molar-refractivity contribution in [3.8, 4) is 5.75 Å². The van der Waals surface area contributed by atoms with Crippen LogP contribution in [-0.2, 0) is 21.4 Å². The first-order valence-corrected chi connectivity index (χ1v) is 11.1. The third-order valence-corrected chi connectivity index (χ3v) is 6.56. The molecule has 0 unspecified atom stereocenters. The summed E-state index contributed by atoms with van der Waals surface area (Å²) in [5.74, 6) is 0.543. The minimum absolute atomic E-state index is 0. The van der Waals surface area contributed by atoms with Gasteiger partial charge in [0, 0.05) is 29.9 Å². The Morgan fingerprint density at radius 1 is 1.15 bits per heavy atom. The van der Waals surface area contributed by atoms with Gasteiger partial charge in [-0.1, -0.05) is 12.1 Å². The minimum atomic E-state index is -0.434. The highest BCUT2D eigenvalue weighted by molar-refractivity contribution is 5.97. The number of methoxy groups -OCH3 is 1. The fourth-order valence-corrected chi connectivity index (χ4v) is 4.48. The van der Waals surface area contributed by atoms with Crippen molar-refractivity contribution in [1.82, 2.24) is 4.90 Å². The van der Waals surface area contributed by atoms with Gasteiger partial charge >= 0.3 is 0 Å². The van der Waals surface area contributed by atoms with Gasteiger partial charge in [0.05, 0.1) is 18.9 Å². The van der Waals surface area contributed by atoms with Crippen LogP contribution in [0.1, 0.15) is 47.9 Å². The Morgan fingerprint density at radius 3 is 2.45 bits per heavy atom. The van der Waals surface area contributed by atoms with Crippen molar-refractivity contribution in [1.29, 1.82) is 5.41 Å². The summed E-state index contributed by atoms with van der Waals surface area (Å²) in [6.07, 6.45) is 3.95. The van der Waals surface area contributed by atoms with Crippen molar-refractivity contribution in [2.75, 3.05) is 25.5 Å². The van der Waals surface area contributed by atoms with Gasteiger partial charge < -0.3 is 20.7 Å². The number of carbonyl (C=O) groups excluding carboxylic acids is 2. The number of amides is 2. The molecule has 2 aliphatic rings. The molecule has 0 radical (unpaired) electrons. The quantitative estimate of drug-likeness (QED) is 0.424. The average Bonchev–Trinajstić information content (AvgIpc) is 3.40. The van der Waals surface area contributed by atoms with Gasteiger partial charge in [-0.15, -0.1) is 12.4 Å². The van der Waals surface area contributed by atoms with Crippen LogP contribution in [0.3, 0.4) is 0 Å². The fourth-order valence-electron chi connectivity index (χ4n) is 4.48. The number of likely N-dealkylation sites (tertiary alicyclic amines) is 1. The van der Waals surface area contributed by atoms with Crippen LogP contribution in [-0.4, -0.2) is 42.7 Å². The largest absolute Gasteiger partial charge is 0.496 e. The van der Waals surface area contributed by atoms with Gasteiger partial charge in [-0.25, -0.2) is 0 Å². The molecule has 1 saturated carbocycles. The van der Waals surface area contributed by atoms with Crippen molar-refractivity contribution >= 4 is 35.7 Å². The Labute approximate surface area is 200 Å². The number of nitrogens with zero attached hydrogens (tertiary/aromatic N) is 1. The van der Waals surface area contributed by atoms with E-state index in [4.69, 9.17) is 15.9 Å². The van der Waals surface area contributed by atoms with Crippen LogP contribution in [0.25, 0.3) is 0 Å². The molecular weight excluding hydrogens is 440 g/mol. The lowest BCUT2D eigenvalue weighted by atomic mass is 9.92. The Bertz CT molecular complexity index is 1080. The summed E-state index contributed by atoms with van der Waals surface area (Å²) in [5, 5.41) is 10.6. The molecule has 2 aromatic rings. The van der Waals surface area contributed by atoms with Gasteiger partial charge in [0.1, 0.15) is 11.6 Å². The number of nitrogens with one attached hydrogen (secondary N) is 2. The summed E-state index contributed by atoms with van der Waals surface area (Å²) in [6, 6.07) is 11.1. The third kappa shape index (κ3) is 4.98. The number of hydrogen-bond acceptors (Lipinski definition) is 4. The standard InChI is InChI=1S/C25H30N4O3.ClH/c1-16-5-7-19(25(9-10-25)24(31)29-11-3-4-12-29)15-20(16)28-22(30)14-18-13-17(23(26)27)6-8-21(18)32-2;/h5-8,13,15H,3-4,9-12,14H2,1-2H3,(H3,26,27)(H,28,30);1H. The van der Waals surface area contributed by atoms with E-state index in [1.165, 1.54) is 0 Å². The SMILES string of the molecule is COc1ccc(C(=N)N)cc1CC(=O)Nc1cc(C2(C(=O)N3CCCC3)CC2)ccc1C.Cl. The molecule has 7 nitrogen and oxygen atoms in total. The summed E-state index contributed by atoms with van der Waals surface area (Å²) < 4.78 is 5.37. The molecule has 1 saturated heterocycles. The summed E-state index contributed by atoms with van der Waals surface area (Å²) in [4.78, 5) is 28.0. The molecule has 0 bridgehead atoms. The van der Waals surface area contributed by atoms with Crippen molar-refractivity contribution in [2.45, 2.75) is 44.4 Å². The molecule has 4 rings (SSSR count). The fraction of sp³-hybridized carbons (Fsp3) is 0.400. The first-order chi connectivity index (χ1) is 15.3. The van der Waals surface area contributed by atoms with Crippen LogP contribution in [0.4, 0.5) is 5.69 Å². The lowest BCUT2D eigenvalue weighted by Crippen LogP contribution is -2.37. The van der Waals surface area contributed by atoms with Crippen LogP contribution in [0.5, 0.6) is 5.75 Å². The molecule has 2 aromatic carbocycles. The smallest absolute Gasteiger partial charge is 0.233 e. The Morgan fingerprint density at radius 2 is 1.85 bits per heavy atom. The summed E-state index contributed by atoms with van der Waals surface area (Å²) in [6.45, 7) is 3.63. The van der Waals surface area contributed by atoms with E-state index < -0.39 is 5.41 Å². The number of carbonyl (C=O) groups is 2. The van der Waals surface area contributed by atoms with E-state index >= 15 is 0 Å². The zero-order chi connectivity index (χ0) is 22.9. The predicted octanol–water partition coefficient (Wildman–Crippen LogP) is 3.54. The second-order valence-electron chi connectivity index (χ2n) is 8.78. The second-order valence-corrected chi connectivity index (χ2v) is 8.78. The van der Waals surface area contributed by atoms with E-state index in [-0.39, 0.29) is 36.5 Å². The lowest BCUT2D eigenvalue weighted by molar-refractivity contribution is -0.132. The zero-order valence-corrected chi connectivity index (χ0v) is 19.9. The van der Waals surface area contributed by atoms with Crippen molar-refractivity contribution in [3.63, 3.8) is 0 Å². The molecule has 2 amide bonds. The van der Waals surface area contributed by atoms with E-state index in [1.54, 1.807) is 25.3 Å². The highest BCUT2D eigenvalue weighted by Gasteiger charge is 2.53. The number of hydrogen-bond donors (Lipinski definition) is 3. The molecule has 1 aliphatic heterocycles. The average molecular weight is 471 g/mol. The van der Waals surface area contributed by atoms with Crippen molar-refractivity contribution < 1.29 is 14.3 Å². The number of benzene rings is 2. The van der Waals surface area contributed by atoms with Crippen LogP contribution < -0.4 is 15.8 Å². The van der Waals surface area contributed by atoms with Gasteiger partial charge in [0.2, 0.25) is 11.8 Å². The molecule has 0 aromatic heterocycles. The molecule has 1 aliphatic carbocycles. The normalized spacial score (nSPS) is 16.0. The van der Waals surface area contributed by atoms with E-state index in [0.29, 0.717) is 16.9 Å². The van der Waals surface area contributed by atoms with Gasteiger partial charge in [-0.3, -0.25) is 15.0 Å². The molecule has 4 N–H and O–H groups in total. The van der Waals surface area contributed by atoms with Gasteiger partial charge in [0.25, 0.3) is 0 Å². The predicted molar refractivity (Wildman–Crippen MR) is 131 cm³/mol. The van der Waals surface area contributed by atoms with Gasteiger partial charge in [0.15, 0.2) is 0 Å². The summed E-state index contributed by atoms with van der Waals surface area (Å²) >= 11 is 0. The van der Waals surface area contributed by atoms with Crippen LogP contribution in [0.15, 0.2) is 36.4 Å². The summed E-state index contributed by atoms with van der Waals surface area (Å²) in [7, 11) is 1.55. The minimum Gasteiger partial charge on any atom is -0.496 e. The lowest BCUT2D eigenvalue weighted by Gasteiger charge is -2.24. The molecule has 1 heterocycles. The number of amidine groups is 1. The number of nitrogen functional groups attached to an aromatic ring is 1. The molecular formula is C25H31ClN4O3. The van der Waals surface area contributed by atoms with E-state index in [2.05, 4.69) is 5.32 Å². The maximum atomic E-state index is 13.1. The van der Waals surface area contributed by atoms with E-state index in [9.17, 15) is 9.59 Å². The highest BCUT2D eigenvalue weighted by Crippen LogP contribution is 2.50. The molecule has 8 heteroatoms. The molecule has 0 atom stereocenters. The van der Waals surface area contributed by atoms with Crippen LogP contribution >= 0.6 is 12.4 Å². The van der Waals surface area contributed by atoms with Crippen molar-refractivity contribution in [2.24, 2.45) is 5.73 Å². The van der Waals surface area contributed by atoms with Crippen molar-refractivity contribution in [3.05, 3.63) is 58.7 Å². The number of aryl methyl sites for hydroxylation is 1. The van der Waals surface area contributed by atoms with E-state index in [1.807, 2.05) is 30.0 Å². The Kier molecular flexibility index (Phi) is 7.32. The molecule has 33 heavy (non-hydrogen) atoms. The number of rotatable bonds is 7. The highest BCUT2D eigenvalue weighted by atomic mass is 35.5. The first-order valence-electron chi connectivity index (χ1n) is 11.1. The topological polar surface area (TPSA) is 109 Å². The number of ether oxygens (including phenoxy) is 1. The number of anilines is 1. The molecule has 176 valence electrons. The zero-order valence-electron chi connectivity index (χ0n) is 19.1. The maximum Gasteiger partial charge on any atom is 0.233 e. The monoisotopic (exact) mass is 470 g/mol. The van der Waals surface area contributed by atoms with Gasteiger partial charge in [-0.2, -0.15) is 0 Å². The van der Waals surface area contributed by atoms with Crippen LogP contribution in [0.2, 0.25) is 0 Å². The van der Waals surface area contributed by atoms with E-state index in [0.717, 1.165) is 55.6 Å². The third-order valence-electron chi connectivity index (χ3n) is 6.56. The second kappa shape index (κ2) is 9.83. The summed E-state index contributed by atoms with van der Waals surface area (Å²) in [5.41, 5.74) is 9.00. The first kappa shape index (κ1) is 24.6. The number of halogens is 1.